The lowest BCUT2D eigenvalue weighted by molar-refractivity contribution is -0.114. The van der Waals surface area contributed by atoms with Crippen molar-refractivity contribution in [3.8, 4) is 17.3 Å². The number of aromatic nitrogens is 3. The molecule has 0 aliphatic carbocycles. The largest absolute Gasteiger partial charge is 0.496 e. The summed E-state index contributed by atoms with van der Waals surface area (Å²) in [6.07, 6.45) is 0. The van der Waals surface area contributed by atoms with E-state index in [0.717, 1.165) is 15.3 Å². The van der Waals surface area contributed by atoms with E-state index in [1.807, 2.05) is 0 Å². The van der Waals surface area contributed by atoms with E-state index >= 15 is 0 Å². The quantitative estimate of drug-likeness (QED) is 0.620. The predicted octanol–water partition coefficient (Wildman–Crippen LogP) is 2.21. The van der Waals surface area contributed by atoms with Crippen LogP contribution in [0.15, 0.2) is 46.0 Å². The molecule has 0 saturated heterocycles. The molecular formula is C20H18ClFN4O5. The molecule has 0 radical (unpaired) electrons. The Morgan fingerprint density at radius 1 is 1.16 bits per heavy atom. The number of anilines is 1. The summed E-state index contributed by atoms with van der Waals surface area (Å²) in [7, 11) is 2.59. The number of carbonyl (C=O) groups is 1. The second-order valence-corrected chi connectivity index (χ2v) is 6.80. The van der Waals surface area contributed by atoms with Gasteiger partial charge in [-0.25, -0.2) is 13.8 Å². The minimum Gasteiger partial charge on any atom is -0.496 e. The molecule has 0 atom stereocenters. The van der Waals surface area contributed by atoms with Crippen molar-refractivity contribution in [1.29, 1.82) is 0 Å². The van der Waals surface area contributed by atoms with Crippen molar-refractivity contribution in [2.75, 3.05) is 19.5 Å². The highest BCUT2D eigenvalue weighted by Crippen LogP contribution is 2.24. The van der Waals surface area contributed by atoms with Crippen LogP contribution in [0.2, 0.25) is 5.02 Å². The Morgan fingerprint density at radius 2 is 1.90 bits per heavy atom. The number of ether oxygens (including phenoxy) is 2. The lowest BCUT2D eigenvalue weighted by atomic mass is 10.2. The number of hydrogen-bond acceptors (Lipinski definition) is 6. The molecule has 0 saturated carbocycles. The van der Waals surface area contributed by atoms with Crippen molar-refractivity contribution in [1.82, 2.24) is 14.3 Å². The molecule has 2 aromatic carbocycles. The van der Waals surface area contributed by atoms with E-state index in [0.29, 0.717) is 5.56 Å². The summed E-state index contributed by atoms with van der Waals surface area (Å²) in [6, 6.07) is 8.16. The zero-order chi connectivity index (χ0) is 22.7. The van der Waals surface area contributed by atoms with Crippen LogP contribution in [0.1, 0.15) is 12.5 Å². The maximum atomic E-state index is 13.5. The molecule has 0 unspecified atom stereocenters. The van der Waals surface area contributed by atoms with Gasteiger partial charge in [0.05, 0.1) is 37.2 Å². The van der Waals surface area contributed by atoms with Crippen LogP contribution in [-0.4, -0.2) is 34.5 Å². The summed E-state index contributed by atoms with van der Waals surface area (Å²) in [5.41, 5.74) is -0.661. The fraction of sp³-hybridized carbons (Fsp3) is 0.200. The number of carbonyl (C=O) groups excluding carboxylic acids is 1. The van der Waals surface area contributed by atoms with E-state index in [1.165, 1.54) is 51.5 Å². The number of benzene rings is 2. The summed E-state index contributed by atoms with van der Waals surface area (Å²) < 4.78 is 25.5. The molecule has 0 bridgehead atoms. The number of rotatable bonds is 6. The molecule has 3 rings (SSSR count). The summed E-state index contributed by atoms with van der Waals surface area (Å²) >= 11 is 6.09. The number of hydrogen-bond donors (Lipinski definition) is 1. The first kappa shape index (κ1) is 22.0. The van der Waals surface area contributed by atoms with E-state index in [1.54, 1.807) is 0 Å². The Balaban J connectivity index is 2.18. The monoisotopic (exact) mass is 448 g/mol. The third kappa shape index (κ3) is 4.58. The first-order valence-corrected chi connectivity index (χ1v) is 9.31. The maximum absolute atomic E-state index is 13.5. The Bertz CT molecular complexity index is 1270. The molecule has 0 fully saturated rings. The van der Waals surface area contributed by atoms with E-state index in [-0.39, 0.29) is 40.5 Å². The van der Waals surface area contributed by atoms with Crippen LogP contribution >= 0.6 is 11.6 Å². The summed E-state index contributed by atoms with van der Waals surface area (Å²) in [5, 5.41) is 6.78. The van der Waals surface area contributed by atoms with Crippen molar-refractivity contribution in [2.45, 2.75) is 13.5 Å². The average molecular weight is 449 g/mol. The third-order valence-corrected chi connectivity index (χ3v) is 4.64. The predicted molar refractivity (Wildman–Crippen MR) is 112 cm³/mol. The van der Waals surface area contributed by atoms with Gasteiger partial charge in [0.1, 0.15) is 11.6 Å². The van der Waals surface area contributed by atoms with Crippen LogP contribution in [0.25, 0.3) is 5.69 Å². The lowest BCUT2D eigenvalue weighted by Crippen LogP contribution is -2.41. The van der Waals surface area contributed by atoms with Gasteiger partial charge >= 0.3 is 11.2 Å². The molecule has 1 aromatic heterocycles. The highest BCUT2D eigenvalue weighted by Gasteiger charge is 2.18. The SMILES string of the molecule is COc1cc(F)ccc1Cn1c(=O)c(OC)nn(-c2ccc(Cl)c(NC(C)=O)c2)c1=O. The Labute approximate surface area is 180 Å². The molecule has 3 aromatic rings. The Hall–Kier alpha value is -3.66. The van der Waals surface area contributed by atoms with Gasteiger partial charge in [-0.3, -0.25) is 9.59 Å². The number of methoxy groups -OCH3 is 2. The van der Waals surface area contributed by atoms with E-state index in [2.05, 4.69) is 10.4 Å². The molecule has 1 N–H and O–H groups in total. The Morgan fingerprint density at radius 3 is 2.55 bits per heavy atom. The molecule has 1 heterocycles. The minimum atomic E-state index is -0.784. The number of halogens is 2. The lowest BCUT2D eigenvalue weighted by Gasteiger charge is -2.14. The van der Waals surface area contributed by atoms with Crippen LogP contribution < -0.4 is 26.0 Å². The van der Waals surface area contributed by atoms with Crippen molar-refractivity contribution in [2.24, 2.45) is 0 Å². The highest BCUT2D eigenvalue weighted by atomic mass is 35.5. The Kier molecular flexibility index (Phi) is 6.40. The van der Waals surface area contributed by atoms with Crippen molar-refractivity contribution in [3.05, 3.63) is 73.6 Å². The third-order valence-electron chi connectivity index (χ3n) is 4.31. The van der Waals surface area contributed by atoms with E-state index < -0.39 is 17.1 Å². The second-order valence-electron chi connectivity index (χ2n) is 6.40. The number of nitrogens with one attached hydrogen (secondary N) is 1. The zero-order valence-electron chi connectivity index (χ0n) is 16.8. The standard InChI is InChI=1S/C20H18ClFN4O5/c1-11(27)23-16-9-14(6-7-15(16)21)26-20(29)25(19(28)18(24-26)31-3)10-12-4-5-13(22)8-17(12)30-2/h4-9H,10H2,1-3H3,(H,23,27). The fourth-order valence-corrected chi connectivity index (χ4v) is 3.04. The van der Waals surface area contributed by atoms with Crippen molar-refractivity contribution < 1.29 is 18.7 Å². The topological polar surface area (TPSA) is 104 Å². The smallest absolute Gasteiger partial charge is 0.352 e. The molecule has 0 aliphatic heterocycles. The fourth-order valence-electron chi connectivity index (χ4n) is 2.88. The van der Waals surface area contributed by atoms with Gasteiger partial charge < -0.3 is 14.8 Å². The van der Waals surface area contributed by atoms with Gasteiger partial charge in [-0.1, -0.05) is 17.7 Å². The van der Waals surface area contributed by atoms with Gasteiger partial charge in [0.25, 0.3) is 5.88 Å². The molecule has 1 amide bonds. The van der Waals surface area contributed by atoms with Crippen LogP contribution in [0.5, 0.6) is 11.6 Å². The molecule has 162 valence electrons. The molecular weight excluding hydrogens is 431 g/mol. The molecule has 9 nitrogen and oxygen atoms in total. The van der Waals surface area contributed by atoms with E-state index in [4.69, 9.17) is 21.1 Å². The second kappa shape index (κ2) is 9.00. The van der Waals surface area contributed by atoms with Crippen LogP contribution in [0, 0.1) is 5.82 Å². The summed E-state index contributed by atoms with van der Waals surface area (Å²) in [6.45, 7) is 1.10. The van der Waals surface area contributed by atoms with Gasteiger partial charge in [0, 0.05) is 18.6 Å². The van der Waals surface area contributed by atoms with Crippen LogP contribution in [0.4, 0.5) is 10.1 Å². The van der Waals surface area contributed by atoms with Gasteiger partial charge in [0.2, 0.25) is 5.91 Å². The van der Waals surface area contributed by atoms with Gasteiger partial charge in [-0.15, -0.1) is 5.10 Å². The summed E-state index contributed by atoms with van der Waals surface area (Å²) in [4.78, 5) is 37.2. The summed E-state index contributed by atoms with van der Waals surface area (Å²) in [5.74, 6) is -1.04. The molecule has 11 heteroatoms. The first-order chi connectivity index (χ1) is 14.7. The highest BCUT2D eigenvalue weighted by molar-refractivity contribution is 6.33. The van der Waals surface area contributed by atoms with Crippen molar-refractivity contribution >= 4 is 23.2 Å². The van der Waals surface area contributed by atoms with Gasteiger partial charge in [-0.2, -0.15) is 4.68 Å². The molecule has 0 spiro atoms. The number of nitrogens with zero attached hydrogens (tertiary/aromatic N) is 3. The van der Waals surface area contributed by atoms with Gasteiger partial charge in [-0.05, 0) is 24.3 Å². The molecule has 31 heavy (non-hydrogen) atoms. The van der Waals surface area contributed by atoms with Crippen LogP contribution in [0.3, 0.4) is 0 Å². The minimum absolute atomic E-state index is 0.174. The molecule has 0 aliphatic rings. The first-order valence-electron chi connectivity index (χ1n) is 8.93. The van der Waals surface area contributed by atoms with Gasteiger partial charge in [0.15, 0.2) is 0 Å². The zero-order valence-corrected chi connectivity index (χ0v) is 17.6. The van der Waals surface area contributed by atoms with E-state index in [9.17, 15) is 18.8 Å². The maximum Gasteiger partial charge on any atom is 0.352 e. The van der Waals surface area contributed by atoms with Crippen molar-refractivity contribution in [3.63, 3.8) is 0 Å². The van der Waals surface area contributed by atoms with Crippen LogP contribution in [-0.2, 0) is 11.3 Å². The normalized spacial score (nSPS) is 10.6. The average Bonchev–Trinajstić information content (AvgIpc) is 2.73. The number of amides is 1.